The number of anilines is 2. The van der Waals surface area contributed by atoms with Crippen LogP contribution in [-0.2, 0) is 0 Å². The highest BCUT2D eigenvalue weighted by molar-refractivity contribution is 5.76. The molecule has 0 fully saturated rings. The Balaban J connectivity index is 2.55. The first-order chi connectivity index (χ1) is 6.77. The molecule has 0 saturated carbocycles. The Hall–Kier alpha value is -2.03. The summed E-state index contributed by atoms with van der Waals surface area (Å²) in [6.07, 6.45) is 3.37. The molecule has 0 bridgehead atoms. The Morgan fingerprint density at radius 2 is 1.79 bits per heavy atom. The van der Waals surface area contributed by atoms with Crippen LogP contribution >= 0.6 is 0 Å². The quantitative estimate of drug-likeness (QED) is 0.667. The fraction of sp³-hybridized carbons (Fsp3) is 0. The number of hydrogen-bond donors (Lipinski definition) is 2. The first-order valence-corrected chi connectivity index (χ1v) is 4.33. The maximum absolute atomic E-state index is 5.83. The number of nitrogen functional groups attached to an aromatic ring is 2. The third-order valence-electron chi connectivity index (χ3n) is 2.03. The summed E-state index contributed by atoms with van der Waals surface area (Å²) in [5, 5.41) is 0. The molecule has 1 aromatic carbocycles. The molecule has 0 atom stereocenters. The molecule has 1 aromatic heterocycles. The van der Waals surface area contributed by atoms with E-state index in [9.17, 15) is 0 Å². The Morgan fingerprint density at radius 1 is 1.00 bits per heavy atom. The minimum atomic E-state index is 0.644. The Morgan fingerprint density at radius 3 is 2.50 bits per heavy atom. The van der Waals surface area contributed by atoms with Gasteiger partial charge in [0.2, 0.25) is 0 Å². The van der Waals surface area contributed by atoms with Gasteiger partial charge in [-0.3, -0.25) is 4.98 Å². The number of hydrogen-bond acceptors (Lipinski definition) is 3. The van der Waals surface area contributed by atoms with Crippen molar-refractivity contribution in [1.29, 1.82) is 0 Å². The molecule has 0 spiro atoms. The summed E-state index contributed by atoms with van der Waals surface area (Å²) in [6.45, 7) is 0. The predicted octanol–water partition coefficient (Wildman–Crippen LogP) is 1.91. The monoisotopic (exact) mass is 185 g/mol. The van der Waals surface area contributed by atoms with Crippen LogP contribution in [0.25, 0.3) is 11.1 Å². The van der Waals surface area contributed by atoms with Crippen molar-refractivity contribution < 1.29 is 0 Å². The molecule has 4 N–H and O–H groups in total. The van der Waals surface area contributed by atoms with Gasteiger partial charge < -0.3 is 11.5 Å². The standard InChI is InChI=1S/C11H11N3/c12-9-5-8(6-14-7-9)10-3-1-2-4-11(10)13/h1-7H,12-13H2. The molecule has 1 heterocycles. The van der Waals surface area contributed by atoms with Crippen molar-refractivity contribution in [1.82, 2.24) is 4.98 Å². The van der Waals surface area contributed by atoms with Gasteiger partial charge in [0.05, 0.1) is 5.69 Å². The lowest BCUT2D eigenvalue weighted by atomic mass is 10.1. The van der Waals surface area contributed by atoms with Crippen LogP contribution in [0.5, 0.6) is 0 Å². The fourth-order valence-corrected chi connectivity index (χ4v) is 1.36. The number of nitrogens with zero attached hydrogens (tertiary/aromatic N) is 1. The largest absolute Gasteiger partial charge is 0.398 e. The highest BCUT2D eigenvalue weighted by Gasteiger charge is 2.01. The summed E-state index contributed by atoms with van der Waals surface area (Å²) in [4.78, 5) is 4.02. The molecule has 0 aliphatic carbocycles. The van der Waals surface area contributed by atoms with Gasteiger partial charge in [0.1, 0.15) is 0 Å². The molecule has 2 rings (SSSR count). The minimum absolute atomic E-state index is 0.644. The zero-order chi connectivity index (χ0) is 9.97. The van der Waals surface area contributed by atoms with E-state index in [0.717, 1.165) is 16.8 Å². The number of benzene rings is 1. The summed E-state index contributed by atoms with van der Waals surface area (Å²) in [7, 11) is 0. The van der Waals surface area contributed by atoms with Crippen LogP contribution in [0, 0.1) is 0 Å². The van der Waals surface area contributed by atoms with Gasteiger partial charge in [0, 0.05) is 29.2 Å². The molecule has 0 aliphatic heterocycles. The number of aromatic nitrogens is 1. The highest BCUT2D eigenvalue weighted by atomic mass is 14.7. The van der Waals surface area contributed by atoms with E-state index in [4.69, 9.17) is 11.5 Å². The first kappa shape index (κ1) is 8.56. The minimum Gasteiger partial charge on any atom is -0.398 e. The zero-order valence-corrected chi connectivity index (χ0v) is 7.64. The van der Waals surface area contributed by atoms with E-state index < -0.39 is 0 Å². The van der Waals surface area contributed by atoms with Crippen LogP contribution < -0.4 is 11.5 Å². The van der Waals surface area contributed by atoms with Crippen LogP contribution in [-0.4, -0.2) is 4.98 Å². The number of rotatable bonds is 1. The zero-order valence-electron chi connectivity index (χ0n) is 7.64. The van der Waals surface area contributed by atoms with Crippen molar-refractivity contribution in [2.75, 3.05) is 11.5 Å². The van der Waals surface area contributed by atoms with E-state index in [1.165, 1.54) is 0 Å². The van der Waals surface area contributed by atoms with E-state index in [1.807, 2.05) is 30.3 Å². The molecule has 3 nitrogen and oxygen atoms in total. The molecule has 0 aliphatic rings. The van der Waals surface area contributed by atoms with E-state index in [2.05, 4.69) is 4.98 Å². The maximum Gasteiger partial charge on any atom is 0.0506 e. The third kappa shape index (κ3) is 1.52. The molecular formula is C11H11N3. The van der Waals surface area contributed by atoms with E-state index in [1.54, 1.807) is 12.4 Å². The van der Waals surface area contributed by atoms with Crippen LogP contribution in [0.1, 0.15) is 0 Å². The molecule has 3 heteroatoms. The molecule has 0 unspecified atom stereocenters. The average Bonchev–Trinajstić information content (AvgIpc) is 2.18. The smallest absolute Gasteiger partial charge is 0.0506 e. The molecular weight excluding hydrogens is 174 g/mol. The molecule has 14 heavy (non-hydrogen) atoms. The summed E-state index contributed by atoms with van der Waals surface area (Å²) >= 11 is 0. The van der Waals surface area contributed by atoms with Gasteiger partial charge in [-0.15, -0.1) is 0 Å². The van der Waals surface area contributed by atoms with Crippen molar-refractivity contribution in [3.63, 3.8) is 0 Å². The van der Waals surface area contributed by atoms with Crippen LogP contribution in [0.4, 0.5) is 11.4 Å². The second-order valence-electron chi connectivity index (χ2n) is 3.09. The van der Waals surface area contributed by atoms with Gasteiger partial charge in [-0.2, -0.15) is 0 Å². The number of nitrogens with two attached hydrogens (primary N) is 2. The third-order valence-corrected chi connectivity index (χ3v) is 2.03. The topological polar surface area (TPSA) is 64.9 Å². The van der Waals surface area contributed by atoms with Crippen molar-refractivity contribution in [3.8, 4) is 11.1 Å². The van der Waals surface area contributed by atoms with Crippen LogP contribution in [0.3, 0.4) is 0 Å². The summed E-state index contributed by atoms with van der Waals surface area (Å²) in [6, 6.07) is 9.51. The SMILES string of the molecule is Nc1cncc(-c2ccccc2N)c1. The van der Waals surface area contributed by atoms with Gasteiger partial charge in [0.15, 0.2) is 0 Å². The van der Waals surface area contributed by atoms with Gasteiger partial charge >= 0.3 is 0 Å². The molecule has 70 valence electrons. The van der Waals surface area contributed by atoms with Crippen molar-refractivity contribution in [2.45, 2.75) is 0 Å². The lowest BCUT2D eigenvalue weighted by Crippen LogP contribution is -1.91. The number of para-hydroxylation sites is 1. The van der Waals surface area contributed by atoms with Gasteiger partial charge in [0.25, 0.3) is 0 Å². The molecule has 0 saturated heterocycles. The second kappa shape index (κ2) is 3.38. The Labute approximate surface area is 82.4 Å². The van der Waals surface area contributed by atoms with Crippen molar-refractivity contribution in [2.24, 2.45) is 0 Å². The fourth-order valence-electron chi connectivity index (χ4n) is 1.36. The summed E-state index contributed by atoms with van der Waals surface area (Å²) in [5.74, 6) is 0. The van der Waals surface area contributed by atoms with Crippen molar-refractivity contribution in [3.05, 3.63) is 42.7 Å². The lowest BCUT2D eigenvalue weighted by Gasteiger charge is -2.04. The van der Waals surface area contributed by atoms with Gasteiger partial charge in [-0.1, -0.05) is 18.2 Å². The predicted molar refractivity (Wildman–Crippen MR) is 58.5 cm³/mol. The second-order valence-corrected chi connectivity index (χ2v) is 3.09. The van der Waals surface area contributed by atoms with Crippen molar-refractivity contribution >= 4 is 11.4 Å². The Bertz CT molecular complexity index is 452. The maximum atomic E-state index is 5.83. The molecule has 0 radical (unpaired) electrons. The lowest BCUT2D eigenvalue weighted by molar-refractivity contribution is 1.33. The van der Waals surface area contributed by atoms with Gasteiger partial charge in [-0.05, 0) is 12.1 Å². The van der Waals surface area contributed by atoms with E-state index >= 15 is 0 Å². The molecule has 2 aromatic rings. The van der Waals surface area contributed by atoms with Gasteiger partial charge in [-0.25, -0.2) is 0 Å². The number of pyridine rings is 1. The summed E-state index contributed by atoms with van der Waals surface area (Å²) in [5.41, 5.74) is 14.8. The van der Waals surface area contributed by atoms with E-state index in [-0.39, 0.29) is 0 Å². The summed E-state index contributed by atoms with van der Waals surface area (Å²) < 4.78 is 0. The highest BCUT2D eigenvalue weighted by Crippen LogP contribution is 2.25. The van der Waals surface area contributed by atoms with Crippen LogP contribution in [0.2, 0.25) is 0 Å². The first-order valence-electron chi connectivity index (χ1n) is 4.33. The molecule has 0 amide bonds. The Kier molecular flexibility index (Phi) is 2.07. The normalized spacial score (nSPS) is 10.0. The van der Waals surface area contributed by atoms with Crippen LogP contribution in [0.15, 0.2) is 42.7 Å². The van der Waals surface area contributed by atoms with E-state index in [0.29, 0.717) is 5.69 Å². The average molecular weight is 185 g/mol.